The highest BCUT2D eigenvalue weighted by atomic mass is 16.7. The van der Waals surface area contributed by atoms with Gasteiger partial charge in [-0.1, -0.05) is 13.8 Å². The van der Waals surface area contributed by atoms with Crippen LogP contribution >= 0.6 is 0 Å². The Hall–Kier alpha value is -1.22. The Morgan fingerprint density at radius 2 is 2.07 bits per heavy atom. The molecule has 0 amide bonds. The zero-order valence-electron chi connectivity index (χ0n) is 9.32. The van der Waals surface area contributed by atoms with Crippen molar-refractivity contribution < 1.29 is 14.8 Å². The molecule has 0 fully saturated rings. The molecule has 1 aliphatic heterocycles. The minimum absolute atomic E-state index is 0.356. The van der Waals surface area contributed by atoms with Gasteiger partial charge in [-0.2, -0.15) is 0 Å². The van der Waals surface area contributed by atoms with E-state index in [0.29, 0.717) is 6.79 Å². The molecule has 0 aliphatic carbocycles. The van der Waals surface area contributed by atoms with Crippen LogP contribution < -0.4 is 14.8 Å². The molecule has 1 aliphatic rings. The molecule has 0 unspecified atom stereocenters. The highest BCUT2D eigenvalue weighted by molar-refractivity contribution is 5.44. The van der Waals surface area contributed by atoms with E-state index >= 15 is 0 Å². The van der Waals surface area contributed by atoms with Gasteiger partial charge in [0.05, 0.1) is 6.54 Å². The summed E-state index contributed by atoms with van der Waals surface area (Å²) in [5.41, 5.74) is 1.29. The first-order valence-corrected chi connectivity index (χ1v) is 5.46. The van der Waals surface area contributed by atoms with Crippen LogP contribution in [0.4, 0.5) is 0 Å². The second-order valence-corrected chi connectivity index (χ2v) is 4.31. The summed E-state index contributed by atoms with van der Waals surface area (Å²) in [5, 5.41) is 2.32. The minimum Gasteiger partial charge on any atom is -0.454 e. The van der Waals surface area contributed by atoms with Gasteiger partial charge in [0.1, 0.15) is 6.54 Å². The average Bonchev–Trinajstić information content (AvgIpc) is 2.64. The van der Waals surface area contributed by atoms with Crippen molar-refractivity contribution in [2.24, 2.45) is 5.92 Å². The standard InChI is InChI=1S/C12H17NO2/c1-9(2)6-13-7-10-3-4-11-12(5-10)15-8-14-11/h3-5,9,13H,6-8H2,1-2H3/p+1. The SMILES string of the molecule is CC(C)C[NH2+]Cc1ccc2c(c1)OCO2. The van der Waals surface area contributed by atoms with E-state index in [4.69, 9.17) is 9.47 Å². The van der Waals surface area contributed by atoms with Crippen LogP contribution in [0.3, 0.4) is 0 Å². The van der Waals surface area contributed by atoms with E-state index in [1.165, 1.54) is 5.56 Å². The van der Waals surface area contributed by atoms with Crippen LogP contribution in [0.2, 0.25) is 0 Å². The molecule has 3 heteroatoms. The first kappa shape index (κ1) is 10.3. The number of benzene rings is 1. The van der Waals surface area contributed by atoms with Gasteiger partial charge in [0.2, 0.25) is 6.79 Å². The molecule has 0 saturated heterocycles. The molecule has 1 heterocycles. The molecule has 3 nitrogen and oxygen atoms in total. The Morgan fingerprint density at radius 3 is 2.87 bits per heavy atom. The third kappa shape index (κ3) is 2.63. The topological polar surface area (TPSA) is 35.1 Å². The molecular formula is C12H18NO2+. The molecule has 0 aromatic heterocycles. The van der Waals surface area contributed by atoms with Crippen molar-refractivity contribution >= 4 is 0 Å². The minimum atomic E-state index is 0.356. The van der Waals surface area contributed by atoms with Gasteiger partial charge in [-0.15, -0.1) is 0 Å². The predicted octanol–water partition coefficient (Wildman–Crippen LogP) is 1.13. The molecule has 1 aromatic carbocycles. The summed E-state index contributed by atoms with van der Waals surface area (Å²) in [6.07, 6.45) is 0. The fraction of sp³-hybridized carbons (Fsp3) is 0.500. The van der Waals surface area contributed by atoms with E-state index in [1.54, 1.807) is 0 Å². The molecule has 0 spiro atoms. The van der Waals surface area contributed by atoms with E-state index in [0.717, 1.165) is 30.5 Å². The van der Waals surface area contributed by atoms with Gasteiger partial charge in [0.15, 0.2) is 11.5 Å². The van der Waals surface area contributed by atoms with Gasteiger partial charge in [-0.05, 0) is 18.2 Å². The van der Waals surface area contributed by atoms with Gasteiger partial charge < -0.3 is 14.8 Å². The van der Waals surface area contributed by atoms with Crippen molar-refractivity contribution in [2.45, 2.75) is 20.4 Å². The van der Waals surface area contributed by atoms with Crippen LogP contribution in [0.25, 0.3) is 0 Å². The molecule has 1 aromatic rings. The van der Waals surface area contributed by atoms with E-state index in [1.807, 2.05) is 6.07 Å². The monoisotopic (exact) mass is 208 g/mol. The van der Waals surface area contributed by atoms with Crippen LogP contribution in [0.1, 0.15) is 19.4 Å². The van der Waals surface area contributed by atoms with Crippen LogP contribution in [-0.4, -0.2) is 13.3 Å². The molecule has 15 heavy (non-hydrogen) atoms. The Bertz CT molecular complexity index is 336. The summed E-state index contributed by atoms with van der Waals surface area (Å²) in [7, 11) is 0. The lowest BCUT2D eigenvalue weighted by atomic mass is 10.2. The van der Waals surface area contributed by atoms with E-state index in [2.05, 4.69) is 31.3 Å². The second-order valence-electron chi connectivity index (χ2n) is 4.31. The Kier molecular flexibility index (Phi) is 3.11. The number of hydrogen-bond acceptors (Lipinski definition) is 2. The van der Waals surface area contributed by atoms with Gasteiger partial charge in [-0.25, -0.2) is 0 Å². The van der Waals surface area contributed by atoms with Crippen molar-refractivity contribution in [3.8, 4) is 11.5 Å². The zero-order valence-corrected chi connectivity index (χ0v) is 9.32. The molecule has 0 bridgehead atoms. The van der Waals surface area contributed by atoms with Crippen LogP contribution in [0.15, 0.2) is 18.2 Å². The molecule has 0 atom stereocenters. The van der Waals surface area contributed by atoms with Gasteiger partial charge >= 0.3 is 0 Å². The molecular weight excluding hydrogens is 190 g/mol. The van der Waals surface area contributed by atoms with Crippen molar-refractivity contribution in [3.63, 3.8) is 0 Å². The summed E-state index contributed by atoms with van der Waals surface area (Å²) in [4.78, 5) is 0. The van der Waals surface area contributed by atoms with Crippen molar-refractivity contribution in [2.75, 3.05) is 13.3 Å². The summed E-state index contributed by atoms with van der Waals surface area (Å²) < 4.78 is 10.6. The largest absolute Gasteiger partial charge is 0.454 e. The normalized spacial score (nSPS) is 13.5. The van der Waals surface area contributed by atoms with Gasteiger partial charge in [0, 0.05) is 11.5 Å². The average molecular weight is 208 g/mol. The Balaban J connectivity index is 1.92. The third-order valence-electron chi connectivity index (χ3n) is 2.46. The van der Waals surface area contributed by atoms with Gasteiger partial charge in [-0.3, -0.25) is 0 Å². The lowest BCUT2D eigenvalue weighted by Gasteiger charge is -2.05. The van der Waals surface area contributed by atoms with Crippen molar-refractivity contribution in [1.82, 2.24) is 0 Å². The highest BCUT2D eigenvalue weighted by Crippen LogP contribution is 2.32. The Morgan fingerprint density at radius 1 is 1.27 bits per heavy atom. The van der Waals surface area contributed by atoms with Crippen molar-refractivity contribution in [3.05, 3.63) is 23.8 Å². The summed E-state index contributed by atoms with van der Waals surface area (Å²) in [6, 6.07) is 6.16. The first-order chi connectivity index (χ1) is 7.25. The van der Waals surface area contributed by atoms with E-state index < -0.39 is 0 Å². The molecule has 0 radical (unpaired) electrons. The maximum atomic E-state index is 5.33. The van der Waals surface area contributed by atoms with Crippen LogP contribution in [0, 0.1) is 5.92 Å². The molecule has 82 valence electrons. The highest BCUT2D eigenvalue weighted by Gasteiger charge is 2.13. The third-order valence-corrected chi connectivity index (χ3v) is 2.46. The molecule has 2 N–H and O–H groups in total. The number of hydrogen-bond donors (Lipinski definition) is 1. The smallest absolute Gasteiger partial charge is 0.231 e. The number of ether oxygens (including phenoxy) is 2. The van der Waals surface area contributed by atoms with E-state index in [-0.39, 0.29) is 0 Å². The summed E-state index contributed by atoms with van der Waals surface area (Å²) in [6.45, 7) is 6.99. The predicted molar refractivity (Wildman–Crippen MR) is 57.9 cm³/mol. The second kappa shape index (κ2) is 4.53. The van der Waals surface area contributed by atoms with Crippen LogP contribution in [0.5, 0.6) is 11.5 Å². The fourth-order valence-corrected chi connectivity index (χ4v) is 1.65. The zero-order chi connectivity index (χ0) is 10.7. The number of fused-ring (bicyclic) bond motifs is 1. The summed E-state index contributed by atoms with van der Waals surface area (Å²) in [5.74, 6) is 2.48. The molecule has 0 saturated carbocycles. The molecule has 2 rings (SSSR count). The number of quaternary nitrogens is 1. The Labute approximate surface area is 90.4 Å². The number of rotatable bonds is 4. The lowest BCUT2D eigenvalue weighted by molar-refractivity contribution is -0.675. The van der Waals surface area contributed by atoms with Crippen LogP contribution in [-0.2, 0) is 6.54 Å². The lowest BCUT2D eigenvalue weighted by Crippen LogP contribution is -2.83. The van der Waals surface area contributed by atoms with Gasteiger partial charge in [0.25, 0.3) is 0 Å². The number of nitrogens with two attached hydrogens (primary N) is 1. The maximum absolute atomic E-state index is 5.33. The van der Waals surface area contributed by atoms with E-state index in [9.17, 15) is 0 Å². The first-order valence-electron chi connectivity index (χ1n) is 5.46. The summed E-state index contributed by atoms with van der Waals surface area (Å²) >= 11 is 0. The fourth-order valence-electron chi connectivity index (χ4n) is 1.65. The van der Waals surface area contributed by atoms with Crippen molar-refractivity contribution in [1.29, 1.82) is 0 Å². The maximum Gasteiger partial charge on any atom is 0.231 e. The quantitative estimate of drug-likeness (QED) is 0.805.